The number of hydrogen-bond acceptors (Lipinski definition) is 4. The van der Waals surface area contributed by atoms with Gasteiger partial charge >= 0.3 is 0 Å². The Kier molecular flexibility index (Phi) is 5.39. The lowest BCUT2D eigenvalue weighted by Gasteiger charge is -2.19. The van der Waals surface area contributed by atoms with E-state index in [1.54, 1.807) is 4.90 Å². The van der Waals surface area contributed by atoms with Gasteiger partial charge in [-0.2, -0.15) is 5.10 Å². The van der Waals surface area contributed by atoms with Crippen molar-refractivity contribution in [1.82, 2.24) is 14.8 Å². The third-order valence-corrected chi connectivity index (χ3v) is 6.38. The Morgan fingerprint density at radius 3 is 2.59 bits per heavy atom. The second-order valence-electron chi connectivity index (χ2n) is 6.90. The van der Waals surface area contributed by atoms with Gasteiger partial charge in [-0.05, 0) is 44.0 Å². The molecule has 148 valence electrons. The molecule has 0 unspecified atom stereocenters. The maximum atomic E-state index is 13.5. The number of halogens is 1. The van der Waals surface area contributed by atoms with Gasteiger partial charge in [0, 0.05) is 12.2 Å². The van der Waals surface area contributed by atoms with Gasteiger partial charge in [-0.3, -0.25) is 14.4 Å². The molecule has 1 amide bonds. The topological polar surface area (TPSA) is 51.0 Å². The highest BCUT2D eigenvalue weighted by Gasteiger charge is 2.25. The largest absolute Gasteiger partial charge is 0.280 e. The smallest absolute Gasteiger partial charge is 0.278 e. The summed E-state index contributed by atoms with van der Waals surface area (Å²) in [5.41, 5.74) is 4.26. The molecule has 0 aliphatic heterocycles. The Hall–Kier alpha value is -2.70. The highest BCUT2D eigenvalue weighted by atomic mass is 35.5. The quantitative estimate of drug-likeness (QED) is 0.417. The van der Waals surface area contributed by atoms with Crippen LogP contribution < -0.4 is 4.90 Å². The molecule has 2 aromatic carbocycles. The van der Waals surface area contributed by atoms with Gasteiger partial charge in [0.05, 0.1) is 21.8 Å². The number of fused-ring (bicyclic) bond motifs is 1. The number of carbonyl (C=O) groups is 1. The predicted molar refractivity (Wildman–Crippen MR) is 119 cm³/mol. The predicted octanol–water partition coefficient (Wildman–Crippen LogP) is 5.63. The van der Waals surface area contributed by atoms with E-state index in [0.29, 0.717) is 28.9 Å². The van der Waals surface area contributed by atoms with Crippen molar-refractivity contribution in [3.8, 4) is 0 Å². The normalized spacial score (nSPS) is 11.2. The lowest BCUT2D eigenvalue weighted by Crippen LogP contribution is -2.30. The van der Waals surface area contributed by atoms with E-state index in [4.69, 9.17) is 16.6 Å². The van der Waals surface area contributed by atoms with E-state index in [9.17, 15) is 4.79 Å². The molecule has 2 aromatic heterocycles. The third-order valence-electron chi connectivity index (χ3n) is 4.85. The van der Waals surface area contributed by atoms with E-state index in [-0.39, 0.29) is 5.91 Å². The summed E-state index contributed by atoms with van der Waals surface area (Å²) < 4.78 is 2.72. The van der Waals surface area contributed by atoms with E-state index < -0.39 is 0 Å². The van der Waals surface area contributed by atoms with E-state index >= 15 is 0 Å². The van der Waals surface area contributed by atoms with Gasteiger partial charge in [-0.1, -0.05) is 59.3 Å². The summed E-state index contributed by atoms with van der Waals surface area (Å²) >= 11 is 7.83. The molecule has 0 saturated heterocycles. The fourth-order valence-corrected chi connectivity index (χ4v) is 4.59. The van der Waals surface area contributed by atoms with Crippen molar-refractivity contribution in [2.45, 2.75) is 33.9 Å². The first kappa shape index (κ1) is 19.6. The number of anilines is 1. The molecule has 0 radical (unpaired) electrons. The molecule has 0 N–H and O–H groups in total. The summed E-state index contributed by atoms with van der Waals surface area (Å²) in [5.74, 6) is -0.169. The first-order valence-corrected chi connectivity index (χ1v) is 10.6. The molecule has 0 spiro atoms. The molecule has 4 aromatic rings. The van der Waals surface area contributed by atoms with Crippen LogP contribution in [0.5, 0.6) is 0 Å². The summed E-state index contributed by atoms with van der Waals surface area (Å²) in [6.07, 6.45) is 0. The van der Waals surface area contributed by atoms with Crippen LogP contribution in [0, 0.1) is 13.8 Å². The van der Waals surface area contributed by atoms with Crippen molar-refractivity contribution in [2.24, 2.45) is 0 Å². The van der Waals surface area contributed by atoms with Gasteiger partial charge in [0.2, 0.25) is 0 Å². The Morgan fingerprint density at radius 2 is 1.93 bits per heavy atom. The molecule has 4 rings (SSSR count). The summed E-state index contributed by atoms with van der Waals surface area (Å²) in [6, 6.07) is 15.5. The molecule has 29 heavy (non-hydrogen) atoms. The van der Waals surface area contributed by atoms with Crippen LogP contribution in [0.4, 0.5) is 5.13 Å². The van der Waals surface area contributed by atoms with Gasteiger partial charge < -0.3 is 0 Å². The lowest BCUT2D eigenvalue weighted by atomic mass is 10.2. The number of hydrogen-bond donors (Lipinski definition) is 0. The zero-order valence-electron chi connectivity index (χ0n) is 16.5. The van der Waals surface area contributed by atoms with Crippen LogP contribution in [0.2, 0.25) is 5.02 Å². The number of amides is 1. The van der Waals surface area contributed by atoms with Crippen LogP contribution in [0.15, 0.2) is 48.5 Å². The average molecular weight is 425 g/mol. The van der Waals surface area contributed by atoms with Gasteiger partial charge in [-0.25, -0.2) is 4.98 Å². The Morgan fingerprint density at radius 1 is 1.17 bits per heavy atom. The standard InChI is InChI=1S/C22H21ClN4OS/c1-4-27-15(3)12-18(25-27)21(28)26(13-16-8-6-5-7-9-16)22-24-19-14(2)10-11-17(23)20(19)29-22/h5-12H,4,13H2,1-3H3. The molecular weight excluding hydrogens is 404 g/mol. The molecule has 5 nitrogen and oxygen atoms in total. The van der Waals surface area contributed by atoms with Crippen molar-refractivity contribution in [3.05, 3.63) is 76.1 Å². The number of nitrogens with zero attached hydrogens (tertiary/aromatic N) is 4. The van der Waals surface area contributed by atoms with Gasteiger partial charge in [-0.15, -0.1) is 0 Å². The number of benzene rings is 2. The first-order chi connectivity index (χ1) is 14.0. The van der Waals surface area contributed by atoms with Crippen LogP contribution in [-0.4, -0.2) is 20.7 Å². The molecule has 2 heterocycles. The molecule has 0 saturated carbocycles. The zero-order valence-corrected chi connectivity index (χ0v) is 18.1. The van der Waals surface area contributed by atoms with E-state index in [2.05, 4.69) is 5.10 Å². The molecule has 7 heteroatoms. The molecule has 0 aliphatic carbocycles. The Labute approximate surface area is 178 Å². The minimum absolute atomic E-state index is 0.169. The van der Waals surface area contributed by atoms with Gasteiger partial charge in [0.15, 0.2) is 10.8 Å². The summed E-state index contributed by atoms with van der Waals surface area (Å²) in [6.45, 7) is 7.09. The Balaban J connectivity index is 1.81. The minimum Gasteiger partial charge on any atom is -0.278 e. The molecular formula is C22H21ClN4OS. The number of aromatic nitrogens is 3. The maximum absolute atomic E-state index is 13.5. The van der Waals surface area contributed by atoms with Gasteiger partial charge in [0.25, 0.3) is 5.91 Å². The van der Waals surface area contributed by atoms with Crippen LogP contribution in [0.3, 0.4) is 0 Å². The van der Waals surface area contributed by atoms with E-state index in [1.165, 1.54) is 11.3 Å². The molecule has 0 aliphatic rings. The van der Waals surface area contributed by atoms with E-state index in [1.807, 2.05) is 74.0 Å². The second kappa shape index (κ2) is 7.97. The third kappa shape index (κ3) is 3.78. The minimum atomic E-state index is -0.169. The van der Waals surface area contributed by atoms with Crippen LogP contribution in [-0.2, 0) is 13.1 Å². The van der Waals surface area contributed by atoms with Crippen LogP contribution >= 0.6 is 22.9 Å². The SMILES string of the molecule is CCn1nc(C(=O)N(Cc2ccccc2)c2nc3c(C)ccc(Cl)c3s2)cc1C. The van der Waals surface area contributed by atoms with Crippen LogP contribution in [0.1, 0.15) is 34.2 Å². The molecule has 0 fully saturated rings. The highest BCUT2D eigenvalue weighted by molar-refractivity contribution is 7.23. The number of thiazole rings is 1. The molecule has 0 bridgehead atoms. The van der Waals surface area contributed by atoms with Crippen molar-refractivity contribution >= 4 is 44.2 Å². The highest BCUT2D eigenvalue weighted by Crippen LogP contribution is 2.36. The second-order valence-corrected chi connectivity index (χ2v) is 8.29. The van der Waals surface area contributed by atoms with E-state index in [0.717, 1.165) is 27.0 Å². The maximum Gasteiger partial charge on any atom is 0.280 e. The number of rotatable bonds is 5. The van der Waals surface area contributed by atoms with Crippen molar-refractivity contribution in [1.29, 1.82) is 0 Å². The summed E-state index contributed by atoms with van der Waals surface area (Å²) in [5, 5.41) is 5.75. The zero-order chi connectivity index (χ0) is 20.5. The number of aryl methyl sites for hydroxylation is 3. The molecule has 0 atom stereocenters. The van der Waals surface area contributed by atoms with Crippen LogP contribution in [0.25, 0.3) is 10.2 Å². The lowest BCUT2D eigenvalue weighted by molar-refractivity contribution is 0.0979. The average Bonchev–Trinajstić information content (AvgIpc) is 3.34. The summed E-state index contributed by atoms with van der Waals surface area (Å²) in [4.78, 5) is 19.9. The fourth-order valence-electron chi connectivity index (χ4n) is 3.27. The first-order valence-electron chi connectivity index (χ1n) is 9.43. The monoisotopic (exact) mass is 424 g/mol. The van der Waals surface area contributed by atoms with Crippen molar-refractivity contribution in [3.63, 3.8) is 0 Å². The Bertz CT molecular complexity index is 1140. The van der Waals surface area contributed by atoms with Gasteiger partial charge in [0.1, 0.15) is 0 Å². The van der Waals surface area contributed by atoms with Crippen molar-refractivity contribution in [2.75, 3.05) is 4.90 Å². The van der Waals surface area contributed by atoms with Crippen molar-refractivity contribution < 1.29 is 4.79 Å². The number of carbonyl (C=O) groups excluding carboxylic acids is 1. The summed E-state index contributed by atoms with van der Waals surface area (Å²) in [7, 11) is 0. The fraction of sp³-hybridized carbons (Fsp3) is 0.227.